The monoisotopic (exact) mass is 554 g/mol. The van der Waals surface area contributed by atoms with Crippen LogP contribution in [0.15, 0.2) is 113 Å². The zero-order valence-corrected chi connectivity index (χ0v) is 23.3. The first-order valence-corrected chi connectivity index (χ1v) is 14.0. The Balaban J connectivity index is 1.51. The molecule has 0 aliphatic rings. The summed E-state index contributed by atoms with van der Waals surface area (Å²) in [6.45, 7) is 5.06. The second kappa shape index (κ2) is 12.4. The average Bonchev–Trinajstić information content (AvgIpc) is 2.97. The first-order valence-electron chi connectivity index (χ1n) is 12.6. The Morgan fingerprint density at radius 3 is 2.10 bits per heavy atom. The molecule has 8 nitrogen and oxygen atoms in total. The highest BCUT2D eigenvalue weighted by atomic mass is 32.2. The lowest BCUT2D eigenvalue weighted by molar-refractivity contribution is -0.119. The van der Waals surface area contributed by atoms with E-state index in [4.69, 9.17) is 0 Å². The Hall–Kier alpha value is -4.76. The number of nitrogens with zero attached hydrogens (tertiary/aromatic N) is 2. The predicted octanol–water partition coefficient (Wildman–Crippen LogP) is 5.29. The van der Waals surface area contributed by atoms with E-state index in [-0.39, 0.29) is 10.8 Å². The van der Waals surface area contributed by atoms with Crippen molar-refractivity contribution in [2.45, 2.75) is 25.7 Å². The van der Waals surface area contributed by atoms with E-state index in [9.17, 15) is 18.0 Å². The van der Waals surface area contributed by atoms with Gasteiger partial charge in [0.2, 0.25) is 0 Å². The zero-order chi connectivity index (χ0) is 28.7. The zero-order valence-electron chi connectivity index (χ0n) is 22.5. The minimum Gasteiger partial charge on any atom is -0.322 e. The van der Waals surface area contributed by atoms with Gasteiger partial charge in [-0.1, -0.05) is 54.6 Å². The van der Waals surface area contributed by atoms with Gasteiger partial charge < -0.3 is 5.32 Å². The number of rotatable bonds is 9. The van der Waals surface area contributed by atoms with Crippen LogP contribution in [-0.4, -0.2) is 32.5 Å². The van der Waals surface area contributed by atoms with E-state index in [0.29, 0.717) is 28.2 Å². The second-order valence-corrected chi connectivity index (χ2v) is 11.1. The van der Waals surface area contributed by atoms with Crippen LogP contribution in [0.3, 0.4) is 0 Å². The highest BCUT2D eigenvalue weighted by Crippen LogP contribution is 2.25. The minimum atomic E-state index is -4.03. The summed E-state index contributed by atoms with van der Waals surface area (Å²) >= 11 is 0. The van der Waals surface area contributed by atoms with Crippen LogP contribution >= 0.6 is 0 Å². The lowest BCUT2D eigenvalue weighted by atomic mass is 10.1. The van der Waals surface area contributed by atoms with E-state index in [2.05, 4.69) is 15.8 Å². The Morgan fingerprint density at radius 1 is 0.775 bits per heavy atom. The predicted molar refractivity (Wildman–Crippen MR) is 158 cm³/mol. The summed E-state index contributed by atoms with van der Waals surface area (Å²) in [4.78, 5) is 25.6. The van der Waals surface area contributed by atoms with E-state index in [1.165, 1.54) is 12.1 Å². The van der Waals surface area contributed by atoms with Crippen molar-refractivity contribution < 1.29 is 18.0 Å². The van der Waals surface area contributed by atoms with Crippen molar-refractivity contribution in [2.75, 3.05) is 16.2 Å². The first kappa shape index (κ1) is 28.3. The normalized spacial score (nSPS) is 11.5. The molecule has 0 aliphatic carbocycles. The van der Waals surface area contributed by atoms with Crippen LogP contribution in [0, 0.1) is 13.8 Å². The van der Waals surface area contributed by atoms with Crippen LogP contribution in [0.25, 0.3) is 0 Å². The summed E-state index contributed by atoms with van der Waals surface area (Å²) in [5.41, 5.74) is 7.02. The summed E-state index contributed by atoms with van der Waals surface area (Å²) in [6.07, 6.45) is 0. The maximum absolute atomic E-state index is 13.5. The van der Waals surface area contributed by atoms with Crippen LogP contribution < -0.4 is 15.0 Å². The van der Waals surface area contributed by atoms with Gasteiger partial charge in [-0.2, -0.15) is 5.10 Å². The number of amides is 2. The number of aryl methyl sites for hydroxylation is 2. The molecule has 0 atom stereocenters. The SMILES string of the molecule is C/C(=N\NC(=O)CN(c1ccc(C)c(C)c1)S(=O)(=O)c1ccccc1)c1cccc(NC(=O)c2ccccc2)c1. The van der Waals surface area contributed by atoms with Gasteiger partial charge in [-0.25, -0.2) is 13.8 Å². The number of nitrogens with one attached hydrogen (secondary N) is 2. The molecule has 0 unspecified atom stereocenters. The molecule has 9 heteroatoms. The number of carbonyl (C=O) groups excluding carboxylic acids is 2. The molecule has 2 N–H and O–H groups in total. The second-order valence-electron chi connectivity index (χ2n) is 9.23. The number of hydrogen-bond acceptors (Lipinski definition) is 5. The van der Waals surface area contributed by atoms with E-state index < -0.39 is 22.5 Å². The van der Waals surface area contributed by atoms with Gasteiger partial charge in [0.15, 0.2) is 0 Å². The average molecular weight is 555 g/mol. The highest BCUT2D eigenvalue weighted by Gasteiger charge is 2.27. The number of hydrogen-bond donors (Lipinski definition) is 2. The Kier molecular flexibility index (Phi) is 8.76. The fourth-order valence-electron chi connectivity index (χ4n) is 3.91. The highest BCUT2D eigenvalue weighted by molar-refractivity contribution is 7.92. The number of benzene rings is 4. The summed E-state index contributed by atoms with van der Waals surface area (Å²) in [7, 11) is -4.03. The molecule has 2 amide bonds. The molecular weight excluding hydrogens is 524 g/mol. The lowest BCUT2D eigenvalue weighted by Gasteiger charge is -2.24. The Morgan fingerprint density at radius 2 is 1.43 bits per heavy atom. The van der Waals surface area contributed by atoms with Crippen LogP contribution in [0.4, 0.5) is 11.4 Å². The van der Waals surface area contributed by atoms with Crippen molar-refractivity contribution in [3.8, 4) is 0 Å². The van der Waals surface area contributed by atoms with Gasteiger partial charge in [0, 0.05) is 11.3 Å². The molecule has 4 aromatic rings. The molecule has 0 saturated carbocycles. The Labute approximate surface area is 234 Å². The summed E-state index contributed by atoms with van der Waals surface area (Å²) in [5, 5.41) is 7.04. The molecule has 0 aromatic heterocycles. The fourth-order valence-corrected chi connectivity index (χ4v) is 5.34. The van der Waals surface area contributed by atoms with Crippen molar-refractivity contribution in [1.29, 1.82) is 0 Å². The van der Waals surface area contributed by atoms with Gasteiger partial charge in [0.25, 0.3) is 21.8 Å². The lowest BCUT2D eigenvalue weighted by Crippen LogP contribution is -2.39. The molecule has 0 aliphatic heterocycles. The van der Waals surface area contributed by atoms with Gasteiger partial charge >= 0.3 is 0 Å². The van der Waals surface area contributed by atoms with Crippen molar-refractivity contribution >= 4 is 38.9 Å². The van der Waals surface area contributed by atoms with Crippen molar-refractivity contribution in [1.82, 2.24) is 5.43 Å². The third kappa shape index (κ3) is 6.81. The number of sulfonamides is 1. The van der Waals surface area contributed by atoms with Gasteiger partial charge in [-0.15, -0.1) is 0 Å². The van der Waals surface area contributed by atoms with E-state index >= 15 is 0 Å². The molecule has 204 valence electrons. The van der Waals surface area contributed by atoms with Gasteiger partial charge in [0.1, 0.15) is 6.54 Å². The van der Waals surface area contributed by atoms with Crippen molar-refractivity contribution in [3.63, 3.8) is 0 Å². The number of carbonyl (C=O) groups is 2. The molecule has 0 heterocycles. The van der Waals surface area contributed by atoms with Gasteiger partial charge in [-0.3, -0.25) is 13.9 Å². The molecular formula is C31H30N4O4S. The molecule has 0 bridgehead atoms. The molecule has 0 saturated heterocycles. The fraction of sp³-hybridized carbons (Fsp3) is 0.129. The van der Waals surface area contributed by atoms with Crippen molar-refractivity contribution in [3.05, 3.63) is 125 Å². The van der Waals surface area contributed by atoms with Gasteiger partial charge in [0.05, 0.1) is 16.3 Å². The van der Waals surface area contributed by atoms with E-state index in [0.717, 1.165) is 15.4 Å². The number of anilines is 2. The summed E-state index contributed by atoms with van der Waals surface area (Å²) < 4.78 is 28.1. The summed E-state index contributed by atoms with van der Waals surface area (Å²) in [6, 6.07) is 29.2. The maximum atomic E-state index is 13.5. The molecule has 4 rings (SSSR count). The largest absolute Gasteiger partial charge is 0.322 e. The third-order valence-electron chi connectivity index (χ3n) is 6.32. The van der Waals surface area contributed by atoms with Crippen molar-refractivity contribution in [2.24, 2.45) is 5.10 Å². The number of hydrazone groups is 1. The molecule has 0 spiro atoms. The Bertz CT molecular complexity index is 1650. The molecule has 40 heavy (non-hydrogen) atoms. The smallest absolute Gasteiger partial charge is 0.264 e. The molecule has 0 radical (unpaired) electrons. The van der Waals surface area contributed by atoms with E-state index in [1.807, 2.05) is 26.0 Å². The van der Waals surface area contributed by atoms with Gasteiger partial charge in [-0.05, 0) is 86.0 Å². The first-order chi connectivity index (χ1) is 19.1. The minimum absolute atomic E-state index is 0.0788. The molecule has 0 fully saturated rings. The topological polar surface area (TPSA) is 108 Å². The van der Waals surface area contributed by atoms with E-state index in [1.54, 1.807) is 85.8 Å². The van der Waals surface area contributed by atoms with Crippen LogP contribution in [0.5, 0.6) is 0 Å². The third-order valence-corrected chi connectivity index (χ3v) is 8.11. The quantitative estimate of drug-likeness (QED) is 0.216. The molecule has 4 aromatic carbocycles. The van der Waals surface area contributed by atoms with Crippen LogP contribution in [0.1, 0.15) is 34.0 Å². The standard InChI is InChI=1S/C31H30N4O4S/c1-22-17-18-28(19-23(22)2)35(40(38,39)29-15-8-5-9-16-29)21-30(36)34-33-24(3)26-13-10-14-27(20-26)32-31(37)25-11-6-4-7-12-25/h4-20H,21H2,1-3H3,(H,32,37)(H,34,36)/b33-24+. The van der Waals surface area contributed by atoms with Crippen LogP contribution in [-0.2, 0) is 14.8 Å². The summed E-state index contributed by atoms with van der Waals surface area (Å²) in [5.74, 6) is -0.850. The van der Waals surface area contributed by atoms with Crippen LogP contribution in [0.2, 0.25) is 0 Å². The maximum Gasteiger partial charge on any atom is 0.264 e.